The van der Waals surface area contributed by atoms with Crippen LogP contribution in [0.2, 0.25) is 0 Å². The summed E-state index contributed by atoms with van der Waals surface area (Å²) in [6.45, 7) is 7.63. The average molecular weight is 897 g/mol. The number of halogens is 6. The predicted octanol–water partition coefficient (Wildman–Crippen LogP) is 8.28. The number of benzene rings is 2. The third kappa shape index (κ3) is 13.0. The van der Waals surface area contributed by atoms with Crippen molar-refractivity contribution in [3.05, 3.63) is 137 Å². The molecule has 2 aromatic carbocycles. The quantitative estimate of drug-likeness (QED) is 0.0875. The van der Waals surface area contributed by atoms with Gasteiger partial charge in [-0.1, -0.05) is 38.1 Å². The molecule has 22 heteroatoms. The molecule has 5 aromatic heterocycles. The lowest BCUT2D eigenvalue weighted by molar-refractivity contribution is -0.138. The molecule has 0 spiro atoms. The first-order valence-corrected chi connectivity index (χ1v) is 19.3. The standard InChI is InChI=1S/C20H16F3N5.C20H18F3N5.2O2S/c1-3-13-8-15(14-5-4-6-16(9-14)20(21,22)23)10-24-18(13)19-27-26-17-7-12(2)25-11-28(17)19;1-3-14-8-16(15-5-4-6-17(9-15)20(21,22)23)10-24-18(14)11-27-28-19-7-13(2)25-12-26-19;2*1-3-2/h4-11H,3H2,1-2H3;4-12H,3H2,1-2H3,(H,25,26,28);;/b;27-11+;;. The van der Waals surface area contributed by atoms with Gasteiger partial charge in [0, 0.05) is 47.0 Å². The van der Waals surface area contributed by atoms with Gasteiger partial charge in [-0.25, -0.2) is 15.0 Å². The van der Waals surface area contributed by atoms with E-state index in [1.54, 1.807) is 47.5 Å². The summed E-state index contributed by atoms with van der Waals surface area (Å²) in [7, 11) is 0. The summed E-state index contributed by atoms with van der Waals surface area (Å²) in [5.74, 6) is 1.11. The molecule has 0 radical (unpaired) electrons. The molecule has 0 unspecified atom stereocenters. The summed E-state index contributed by atoms with van der Waals surface area (Å²) in [5.41, 5.74) is 8.93. The van der Waals surface area contributed by atoms with Gasteiger partial charge < -0.3 is 0 Å². The number of hydrogen-bond donors (Lipinski definition) is 1. The van der Waals surface area contributed by atoms with Gasteiger partial charge in [0.1, 0.15) is 24.2 Å². The fourth-order valence-corrected chi connectivity index (χ4v) is 5.69. The minimum atomic E-state index is -4.39. The number of pyridine rings is 2. The Morgan fingerprint density at radius 2 is 1.21 bits per heavy atom. The topological polar surface area (TPSA) is 187 Å². The molecule has 322 valence electrons. The zero-order valence-electron chi connectivity index (χ0n) is 33.0. The molecule has 0 fully saturated rings. The van der Waals surface area contributed by atoms with Gasteiger partial charge in [-0.3, -0.25) is 19.8 Å². The number of hydrogen-bond acceptors (Lipinski definition) is 13. The number of alkyl halides is 6. The number of nitrogens with zero attached hydrogens (tertiary/aromatic N) is 9. The Balaban J connectivity index is 0.000000242. The normalized spacial score (nSPS) is 11.1. The van der Waals surface area contributed by atoms with Gasteiger partial charge in [-0.05, 0) is 85.3 Å². The first-order chi connectivity index (χ1) is 29.6. The highest BCUT2D eigenvalue weighted by Gasteiger charge is 2.31. The zero-order valence-corrected chi connectivity index (χ0v) is 34.6. The number of hydrazone groups is 1. The maximum absolute atomic E-state index is 13.0. The third-order valence-electron chi connectivity index (χ3n) is 8.59. The lowest BCUT2D eigenvalue weighted by atomic mass is 10.0. The highest BCUT2D eigenvalue weighted by atomic mass is 32.1. The van der Waals surface area contributed by atoms with E-state index in [0.717, 1.165) is 46.8 Å². The van der Waals surface area contributed by atoms with E-state index in [-0.39, 0.29) is 0 Å². The Kier molecular flexibility index (Phi) is 17.0. The maximum Gasteiger partial charge on any atom is 0.416 e. The van der Waals surface area contributed by atoms with Crippen molar-refractivity contribution in [1.29, 1.82) is 0 Å². The van der Waals surface area contributed by atoms with Crippen LogP contribution in [0.15, 0.2) is 103 Å². The van der Waals surface area contributed by atoms with Gasteiger partial charge >= 0.3 is 35.5 Å². The molecule has 7 aromatic rings. The molecular weight excluding hydrogens is 863 g/mol. The van der Waals surface area contributed by atoms with Crippen molar-refractivity contribution >= 4 is 40.8 Å². The summed E-state index contributed by atoms with van der Waals surface area (Å²) >= 11 is -1.50. The van der Waals surface area contributed by atoms with Crippen LogP contribution in [0, 0.1) is 13.8 Å². The Bertz CT molecular complexity index is 2730. The van der Waals surface area contributed by atoms with Crippen LogP contribution in [-0.4, -0.2) is 62.6 Å². The van der Waals surface area contributed by atoms with Crippen molar-refractivity contribution in [3.8, 4) is 33.8 Å². The fraction of sp³-hybridized carbons (Fsp3) is 0.200. The average Bonchev–Trinajstić information content (AvgIpc) is 3.66. The van der Waals surface area contributed by atoms with Gasteiger partial charge in [0.25, 0.3) is 0 Å². The molecule has 0 atom stereocenters. The van der Waals surface area contributed by atoms with Crippen LogP contribution >= 0.6 is 0 Å². The molecule has 0 aliphatic heterocycles. The van der Waals surface area contributed by atoms with Crippen LogP contribution in [0.1, 0.15) is 53.2 Å². The second kappa shape index (κ2) is 22.1. The van der Waals surface area contributed by atoms with E-state index < -0.39 is 46.6 Å². The molecule has 0 aliphatic carbocycles. The van der Waals surface area contributed by atoms with Crippen molar-refractivity contribution in [2.75, 3.05) is 5.43 Å². The van der Waals surface area contributed by atoms with Crippen LogP contribution in [-0.2, 0) is 48.3 Å². The van der Waals surface area contributed by atoms with E-state index >= 15 is 0 Å². The minimum Gasteiger partial charge on any atom is -0.264 e. The smallest absolute Gasteiger partial charge is 0.264 e. The van der Waals surface area contributed by atoms with Crippen LogP contribution in [0.25, 0.3) is 39.4 Å². The molecule has 1 N–H and O–H groups in total. The van der Waals surface area contributed by atoms with Crippen molar-refractivity contribution in [1.82, 2.24) is 39.5 Å². The summed E-state index contributed by atoms with van der Waals surface area (Å²) in [6.07, 6.45) is 0.284. The molecule has 14 nitrogen and oxygen atoms in total. The molecule has 0 saturated heterocycles. The summed E-state index contributed by atoms with van der Waals surface area (Å²) < 4.78 is 113. The van der Waals surface area contributed by atoms with E-state index in [4.69, 9.17) is 16.8 Å². The largest absolute Gasteiger partial charge is 0.416 e. The van der Waals surface area contributed by atoms with Crippen molar-refractivity contribution in [2.45, 2.75) is 52.9 Å². The lowest BCUT2D eigenvalue weighted by Gasteiger charge is -2.11. The fourth-order valence-electron chi connectivity index (χ4n) is 5.69. The van der Waals surface area contributed by atoms with E-state index in [0.29, 0.717) is 63.8 Å². The monoisotopic (exact) mass is 896 g/mol. The molecule has 62 heavy (non-hydrogen) atoms. The Hall–Kier alpha value is -6.94. The second-order valence-corrected chi connectivity index (χ2v) is 13.0. The predicted molar refractivity (Wildman–Crippen MR) is 218 cm³/mol. The number of nitrogens with one attached hydrogen (secondary N) is 1. The highest BCUT2D eigenvalue weighted by molar-refractivity contribution is 7.51. The van der Waals surface area contributed by atoms with Crippen molar-refractivity contribution in [3.63, 3.8) is 0 Å². The molecule has 7 rings (SSSR count). The SMILES string of the molecule is CCc1cc(-c2cccc(C(F)(F)F)c2)cnc1-c1nnc2cc(C)ncn12.CCc1cc(-c2cccc(C(F)(F)F)c2)cnc1/C=N/Nc1cc(C)ncn1.O=S=O.O=S=O. The van der Waals surface area contributed by atoms with Crippen molar-refractivity contribution in [2.24, 2.45) is 5.10 Å². The van der Waals surface area contributed by atoms with Gasteiger partial charge in [-0.15, -0.1) is 10.2 Å². The van der Waals surface area contributed by atoms with Crippen LogP contribution in [0.4, 0.5) is 32.2 Å². The molecular formula is C40H34F6N10O4S2. The van der Waals surface area contributed by atoms with Gasteiger partial charge in [-0.2, -0.15) is 48.3 Å². The van der Waals surface area contributed by atoms with Gasteiger partial charge in [0.2, 0.25) is 0 Å². The summed E-state index contributed by atoms with van der Waals surface area (Å²) in [4.78, 5) is 21.2. The van der Waals surface area contributed by atoms with E-state index in [9.17, 15) is 26.3 Å². The van der Waals surface area contributed by atoms with Crippen molar-refractivity contribution < 1.29 is 43.2 Å². The Labute approximate surface area is 356 Å². The molecule has 0 aliphatic rings. The zero-order chi connectivity index (χ0) is 45.5. The maximum atomic E-state index is 13.0. The molecule has 0 amide bonds. The number of fused-ring (bicyclic) bond motifs is 1. The number of aryl methyl sites for hydroxylation is 4. The third-order valence-corrected chi connectivity index (χ3v) is 8.59. The molecule has 0 saturated carbocycles. The van der Waals surface area contributed by atoms with E-state index in [2.05, 4.69) is 45.6 Å². The minimum absolute atomic E-state index is 0.465. The Morgan fingerprint density at radius 3 is 1.76 bits per heavy atom. The second-order valence-electron chi connectivity index (χ2n) is 12.7. The van der Waals surface area contributed by atoms with E-state index in [1.807, 2.05) is 45.9 Å². The highest BCUT2D eigenvalue weighted by Crippen LogP contribution is 2.34. The van der Waals surface area contributed by atoms with Gasteiger partial charge in [0.15, 0.2) is 11.5 Å². The number of anilines is 1. The first-order valence-electron chi connectivity index (χ1n) is 18.0. The Morgan fingerprint density at radius 1 is 0.661 bits per heavy atom. The summed E-state index contributed by atoms with van der Waals surface area (Å²) in [6, 6.07) is 17.7. The van der Waals surface area contributed by atoms with E-state index in [1.165, 1.54) is 18.5 Å². The van der Waals surface area contributed by atoms with Gasteiger partial charge in [0.05, 0.1) is 23.0 Å². The molecule has 5 heterocycles. The lowest BCUT2D eigenvalue weighted by Crippen LogP contribution is -2.04. The first kappa shape index (κ1) is 47.7. The molecule has 0 bridgehead atoms. The van der Waals surface area contributed by atoms with Crippen LogP contribution in [0.3, 0.4) is 0 Å². The number of rotatable bonds is 8. The summed E-state index contributed by atoms with van der Waals surface area (Å²) in [5, 5.41) is 12.5. The van der Waals surface area contributed by atoms with Crippen LogP contribution in [0.5, 0.6) is 0 Å². The van der Waals surface area contributed by atoms with Crippen LogP contribution < -0.4 is 5.43 Å². The number of aromatic nitrogens is 8.